The largest absolute Gasteiger partial charge is 0.466 e. The van der Waals surface area contributed by atoms with E-state index in [9.17, 15) is 19.2 Å². The summed E-state index contributed by atoms with van der Waals surface area (Å²) in [5.41, 5.74) is 3.18. The number of ketones is 2. The van der Waals surface area contributed by atoms with Gasteiger partial charge in [0.2, 0.25) is 5.91 Å². The van der Waals surface area contributed by atoms with Crippen LogP contribution < -0.4 is 5.32 Å². The van der Waals surface area contributed by atoms with Gasteiger partial charge in [-0.2, -0.15) is 0 Å². The number of amides is 1. The number of hydrogen-bond acceptors (Lipinski definition) is 5. The number of carbonyl (C=O) groups is 4. The van der Waals surface area contributed by atoms with E-state index in [0.29, 0.717) is 12.1 Å². The zero-order chi connectivity index (χ0) is 19.7. The first kappa shape index (κ1) is 21.0. The molecule has 0 fully saturated rings. The predicted octanol–water partition coefficient (Wildman–Crippen LogP) is 2.48. The number of rotatable bonds is 8. The highest BCUT2D eigenvalue weighted by molar-refractivity contribution is 6.04. The lowest BCUT2D eigenvalue weighted by atomic mass is 9.96. The van der Waals surface area contributed by atoms with Gasteiger partial charge < -0.3 is 10.1 Å². The van der Waals surface area contributed by atoms with Crippen molar-refractivity contribution < 1.29 is 23.9 Å². The Hall–Kier alpha value is -3.02. The van der Waals surface area contributed by atoms with Crippen molar-refractivity contribution in [3.63, 3.8) is 0 Å². The molecule has 6 nitrogen and oxygen atoms in total. The van der Waals surface area contributed by atoms with Crippen LogP contribution in [0, 0.1) is 6.92 Å². The third kappa shape index (κ3) is 6.84. The third-order valence-corrected chi connectivity index (χ3v) is 3.63. The number of benzene rings is 1. The Kier molecular flexibility index (Phi) is 8.15. The molecule has 1 N–H and O–H groups in total. The molecule has 0 heterocycles. The SMILES string of the molecule is CCc1cc(NC(=O)/C=C\C(C)=O)c(C)cc1CC(=O)/C=C\C(=O)OC. The molecule has 1 rings (SSSR count). The van der Waals surface area contributed by atoms with Crippen LogP contribution in [0.3, 0.4) is 0 Å². The first-order chi connectivity index (χ1) is 12.3. The third-order valence-electron chi connectivity index (χ3n) is 3.63. The quantitative estimate of drug-likeness (QED) is 0.570. The van der Waals surface area contributed by atoms with E-state index < -0.39 is 11.9 Å². The zero-order valence-corrected chi connectivity index (χ0v) is 15.4. The molecule has 6 heteroatoms. The Bertz CT molecular complexity index is 775. The van der Waals surface area contributed by atoms with Crippen molar-refractivity contribution in [1.82, 2.24) is 0 Å². The van der Waals surface area contributed by atoms with E-state index in [1.807, 2.05) is 26.0 Å². The monoisotopic (exact) mass is 357 g/mol. The van der Waals surface area contributed by atoms with Gasteiger partial charge in [0.25, 0.3) is 0 Å². The lowest BCUT2D eigenvalue weighted by Crippen LogP contribution is -2.11. The van der Waals surface area contributed by atoms with Crippen molar-refractivity contribution in [2.24, 2.45) is 0 Å². The molecule has 0 aliphatic rings. The number of allylic oxidation sites excluding steroid dienone is 2. The van der Waals surface area contributed by atoms with Gasteiger partial charge >= 0.3 is 5.97 Å². The molecule has 0 aliphatic heterocycles. The number of nitrogens with one attached hydrogen (secondary N) is 1. The van der Waals surface area contributed by atoms with E-state index in [-0.39, 0.29) is 18.0 Å². The zero-order valence-electron chi connectivity index (χ0n) is 15.4. The smallest absolute Gasteiger partial charge is 0.330 e. The molecule has 0 unspecified atom stereocenters. The lowest BCUT2D eigenvalue weighted by Gasteiger charge is -2.13. The summed E-state index contributed by atoms with van der Waals surface area (Å²) < 4.78 is 4.46. The summed E-state index contributed by atoms with van der Waals surface area (Å²) >= 11 is 0. The fraction of sp³-hybridized carbons (Fsp3) is 0.300. The van der Waals surface area contributed by atoms with E-state index in [1.54, 1.807) is 0 Å². The molecule has 0 aromatic heterocycles. The topological polar surface area (TPSA) is 89.5 Å². The van der Waals surface area contributed by atoms with Gasteiger partial charge in [-0.15, -0.1) is 0 Å². The van der Waals surface area contributed by atoms with E-state index in [1.165, 1.54) is 32.3 Å². The maximum absolute atomic E-state index is 12.0. The number of hydrogen-bond donors (Lipinski definition) is 1. The fourth-order valence-electron chi connectivity index (χ4n) is 2.28. The summed E-state index contributed by atoms with van der Waals surface area (Å²) in [6.45, 7) is 5.14. The number of methoxy groups -OCH3 is 1. The van der Waals surface area contributed by atoms with Crippen molar-refractivity contribution in [3.8, 4) is 0 Å². The molecule has 0 radical (unpaired) electrons. The highest BCUT2D eigenvalue weighted by Gasteiger charge is 2.11. The van der Waals surface area contributed by atoms with Crippen LogP contribution in [-0.2, 0) is 36.8 Å². The second kappa shape index (κ2) is 10.1. The normalized spacial score (nSPS) is 10.9. The van der Waals surface area contributed by atoms with Gasteiger partial charge in [0.05, 0.1) is 7.11 Å². The number of ether oxygens (including phenoxy) is 1. The van der Waals surface area contributed by atoms with Gasteiger partial charge in [0.1, 0.15) is 0 Å². The molecule has 1 aromatic rings. The Morgan fingerprint density at radius 3 is 2.31 bits per heavy atom. The van der Waals surface area contributed by atoms with E-state index in [4.69, 9.17) is 0 Å². The van der Waals surface area contributed by atoms with E-state index >= 15 is 0 Å². The summed E-state index contributed by atoms with van der Waals surface area (Å²) in [7, 11) is 1.24. The molecule has 0 aliphatic carbocycles. The van der Waals surface area contributed by atoms with Crippen LogP contribution in [0.5, 0.6) is 0 Å². The summed E-state index contributed by atoms with van der Waals surface area (Å²) in [6, 6.07) is 3.66. The van der Waals surface area contributed by atoms with Crippen LogP contribution in [0.2, 0.25) is 0 Å². The molecule has 138 valence electrons. The number of esters is 1. The Morgan fingerprint density at radius 2 is 1.73 bits per heavy atom. The van der Waals surface area contributed by atoms with Crippen molar-refractivity contribution in [3.05, 3.63) is 53.1 Å². The van der Waals surface area contributed by atoms with Gasteiger partial charge in [0, 0.05) is 24.3 Å². The molecule has 0 saturated heterocycles. The molecule has 1 aromatic carbocycles. The standard InChI is InChI=1S/C20H23NO5/c1-5-15-12-18(21-19(24)8-6-14(3)22)13(2)10-16(15)11-17(23)7-9-20(25)26-4/h6-10,12H,5,11H2,1-4H3,(H,21,24)/b8-6-,9-7-. The van der Waals surface area contributed by atoms with Gasteiger partial charge in [-0.1, -0.05) is 13.0 Å². The Labute approximate surface area is 152 Å². The highest BCUT2D eigenvalue weighted by Crippen LogP contribution is 2.22. The summed E-state index contributed by atoms with van der Waals surface area (Å²) in [5.74, 6) is -1.40. The average Bonchev–Trinajstić information content (AvgIpc) is 2.60. The minimum absolute atomic E-state index is 0.149. The maximum Gasteiger partial charge on any atom is 0.330 e. The first-order valence-corrected chi connectivity index (χ1v) is 8.17. The second-order valence-electron chi connectivity index (χ2n) is 5.72. The minimum atomic E-state index is -0.582. The molecule has 0 bridgehead atoms. The maximum atomic E-state index is 12.0. The Balaban J connectivity index is 2.97. The van der Waals surface area contributed by atoms with E-state index in [0.717, 1.165) is 22.8 Å². The number of carbonyl (C=O) groups excluding carboxylic acids is 4. The molecular formula is C20H23NO5. The first-order valence-electron chi connectivity index (χ1n) is 8.17. The van der Waals surface area contributed by atoms with Gasteiger partial charge in [-0.25, -0.2) is 4.79 Å². The average molecular weight is 357 g/mol. The summed E-state index contributed by atoms with van der Waals surface area (Å²) in [5, 5.41) is 2.73. The molecule has 26 heavy (non-hydrogen) atoms. The molecule has 0 saturated carbocycles. The Morgan fingerprint density at radius 1 is 1.04 bits per heavy atom. The summed E-state index contributed by atoms with van der Waals surface area (Å²) in [6.07, 6.45) is 5.50. The van der Waals surface area contributed by atoms with Crippen molar-refractivity contribution in [1.29, 1.82) is 0 Å². The van der Waals surface area contributed by atoms with Crippen LogP contribution in [0.15, 0.2) is 36.4 Å². The number of aryl methyl sites for hydroxylation is 2. The van der Waals surface area contributed by atoms with Gasteiger partial charge in [-0.3, -0.25) is 14.4 Å². The molecule has 0 atom stereocenters. The van der Waals surface area contributed by atoms with Crippen LogP contribution in [-0.4, -0.2) is 30.6 Å². The van der Waals surface area contributed by atoms with Crippen LogP contribution in [0.4, 0.5) is 5.69 Å². The van der Waals surface area contributed by atoms with Crippen LogP contribution in [0.1, 0.15) is 30.5 Å². The van der Waals surface area contributed by atoms with E-state index in [2.05, 4.69) is 10.1 Å². The highest BCUT2D eigenvalue weighted by atomic mass is 16.5. The van der Waals surface area contributed by atoms with Crippen LogP contribution >= 0.6 is 0 Å². The number of anilines is 1. The van der Waals surface area contributed by atoms with Crippen molar-refractivity contribution in [2.75, 3.05) is 12.4 Å². The van der Waals surface area contributed by atoms with Crippen molar-refractivity contribution >= 4 is 29.1 Å². The second-order valence-corrected chi connectivity index (χ2v) is 5.72. The van der Waals surface area contributed by atoms with Gasteiger partial charge in [0.15, 0.2) is 11.6 Å². The fourth-order valence-corrected chi connectivity index (χ4v) is 2.28. The lowest BCUT2D eigenvalue weighted by molar-refractivity contribution is -0.135. The van der Waals surface area contributed by atoms with Gasteiger partial charge in [-0.05, 0) is 55.2 Å². The van der Waals surface area contributed by atoms with Crippen LogP contribution in [0.25, 0.3) is 0 Å². The molecular weight excluding hydrogens is 334 g/mol. The van der Waals surface area contributed by atoms with Crippen molar-refractivity contribution in [2.45, 2.75) is 33.6 Å². The predicted molar refractivity (Wildman–Crippen MR) is 98.9 cm³/mol. The minimum Gasteiger partial charge on any atom is -0.466 e. The molecule has 1 amide bonds. The molecule has 0 spiro atoms. The summed E-state index contributed by atoms with van der Waals surface area (Å²) in [4.78, 5) is 45.8.